The molecule has 0 radical (unpaired) electrons. The van der Waals surface area contributed by atoms with Gasteiger partial charge in [-0.1, -0.05) is 11.3 Å². The molecule has 15 heavy (non-hydrogen) atoms. The van der Waals surface area contributed by atoms with Gasteiger partial charge in [0.05, 0.1) is 17.6 Å². The molecule has 0 aliphatic heterocycles. The maximum atomic E-state index is 10.4. The number of hydrogen-bond donors (Lipinski definition) is 2. The average molecular weight is 249 g/mol. The number of rotatable bonds is 6. The number of nitrogens with zero attached hydrogens (tertiary/aromatic N) is 1. The molecule has 0 fully saturated rings. The molecule has 1 heterocycles. The number of aliphatic hydroxyl groups is 2. The summed E-state index contributed by atoms with van der Waals surface area (Å²) in [5, 5.41) is 29.9. The average Bonchev–Trinajstić information content (AvgIpc) is 2.66. The minimum atomic E-state index is -0.719. The molecule has 0 saturated carbocycles. The number of thiophene rings is 1. The number of thioether (sulfide) groups is 1. The fourth-order valence-electron chi connectivity index (χ4n) is 0.900. The lowest BCUT2D eigenvalue weighted by Crippen LogP contribution is -2.14. The highest BCUT2D eigenvalue weighted by Crippen LogP contribution is 2.25. The van der Waals surface area contributed by atoms with Crippen LogP contribution in [0.5, 0.6) is 0 Å². The zero-order chi connectivity index (χ0) is 11.3. The fraction of sp³-hybridized carbons (Fsp3) is 0.500. The van der Waals surface area contributed by atoms with Crippen LogP contribution in [0, 0.1) is 10.1 Å². The molecule has 2 N–H and O–H groups in total. The van der Waals surface area contributed by atoms with E-state index in [1.807, 2.05) is 0 Å². The number of hydrogen-bond acceptors (Lipinski definition) is 6. The Kier molecular flexibility index (Phi) is 5.03. The second-order valence-electron chi connectivity index (χ2n) is 2.90. The Bertz CT molecular complexity index is 328. The van der Waals surface area contributed by atoms with Crippen LogP contribution in [0.3, 0.4) is 0 Å². The summed E-state index contributed by atoms with van der Waals surface area (Å²) in [4.78, 5) is 9.96. The molecule has 0 spiro atoms. The minimum Gasteiger partial charge on any atom is -0.394 e. The van der Waals surface area contributed by atoms with Crippen LogP contribution in [0.1, 0.15) is 5.56 Å². The second-order valence-corrected chi connectivity index (χ2v) is 4.82. The zero-order valence-electron chi connectivity index (χ0n) is 7.83. The Morgan fingerprint density at radius 3 is 2.93 bits per heavy atom. The summed E-state index contributed by atoms with van der Waals surface area (Å²) in [6, 6.07) is 1.53. The van der Waals surface area contributed by atoms with Gasteiger partial charge in [0.15, 0.2) is 0 Å². The van der Waals surface area contributed by atoms with Gasteiger partial charge in [0, 0.05) is 23.0 Å². The van der Waals surface area contributed by atoms with Crippen LogP contribution in [0.25, 0.3) is 0 Å². The van der Waals surface area contributed by atoms with Crippen molar-refractivity contribution in [2.45, 2.75) is 11.9 Å². The van der Waals surface area contributed by atoms with E-state index in [4.69, 9.17) is 10.2 Å². The number of nitro groups is 1. The molecule has 1 aromatic rings. The van der Waals surface area contributed by atoms with Gasteiger partial charge in [-0.2, -0.15) is 11.8 Å². The van der Waals surface area contributed by atoms with Crippen LogP contribution in [-0.4, -0.2) is 33.6 Å². The summed E-state index contributed by atoms with van der Waals surface area (Å²) in [5.74, 6) is 1.04. The predicted molar refractivity (Wildman–Crippen MR) is 60.2 cm³/mol. The third-order valence-electron chi connectivity index (χ3n) is 1.61. The summed E-state index contributed by atoms with van der Waals surface area (Å²) in [5.41, 5.74) is 0.877. The van der Waals surface area contributed by atoms with Gasteiger partial charge in [0.1, 0.15) is 0 Å². The molecule has 0 aromatic carbocycles. The maximum absolute atomic E-state index is 10.4. The van der Waals surface area contributed by atoms with Crippen molar-refractivity contribution in [1.82, 2.24) is 0 Å². The van der Waals surface area contributed by atoms with E-state index in [2.05, 4.69) is 0 Å². The third kappa shape index (κ3) is 4.17. The van der Waals surface area contributed by atoms with Crippen molar-refractivity contribution in [3.8, 4) is 0 Å². The SMILES string of the molecule is O=[N+]([O-])c1cc(CSC[C@@H](O)CO)cs1. The topological polar surface area (TPSA) is 83.6 Å². The fourth-order valence-corrected chi connectivity index (χ4v) is 2.63. The van der Waals surface area contributed by atoms with E-state index in [0.29, 0.717) is 11.5 Å². The highest BCUT2D eigenvalue weighted by atomic mass is 32.2. The molecular formula is C8H11NO4S2. The van der Waals surface area contributed by atoms with Crippen molar-refractivity contribution in [3.05, 3.63) is 27.1 Å². The lowest BCUT2D eigenvalue weighted by Gasteiger charge is -2.04. The van der Waals surface area contributed by atoms with E-state index in [1.165, 1.54) is 17.8 Å². The van der Waals surface area contributed by atoms with E-state index in [9.17, 15) is 10.1 Å². The minimum absolute atomic E-state index is 0.133. The molecule has 7 heteroatoms. The highest BCUT2D eigenvalue weighted by Gasteiger charge is 2.10. The van der Waals surface area contributed by atoms with Gasteiger partial charge in [-0.3, -0.25) is 10.1 Å². The van der Waals surface area contributed by atoms with Gasteiger partial charge in [-0.05, 0) is 5.56 Å². The summed E-state index contributed by atoms with van der Waals surface area (Å²) >= 11 is 2.54. The lowest BCUT2D eigenvalue weighted by atomic mass is 10.4. The molecule has 1 aromatic heterocycles. The first-order valence-corrected chi connectivity index (χ1v) is 6.25. The summed E-state index contributed by atoms with van der Waals surface area (Å²) in [6.07, 6.45) is -0.719. The Morgan fingerprint density at radius 1 is 1.67 bits per heavy atom. The smallest absolute Gasteiger partial charge is 0.324 e. The van der Waals surface area contributed by atoms with Gasteiger partial charge < -0.3 is 10.2 Å². The normalized spacial score (nSPS) is 12.7. The van der Waals surface area contributed by atoms with E-state index in [-0.39, 0.29) is 11.6 Å². The van der Waals surface area contributed by atoms with Crippen molar-refractivity contribution < 1.29 is 15.1 Å². The molecule has 1 atom stereocenters. The van der Waals surface area contributed by atoms with Gasteiger partial charge in [-0.25, -0.2) is 0 Å². The van der Waals surface area contributed by atoms with Crippen molar-refractivity contribution in [2.24, 2.45) is 0 Å². The first-order chi connectivity index (χ1) is 7.13. The van der Waals surface area contributed by atoms with Gasteiger partial charge in [0.2, 0.25) is 0 Å². The van der Waals surface area contributed by atoms with E-state index >= 15 is 0 Å². The second kappa shape index (κ2) is 6.06. The Balaban J connectivity index is 2.35. The van der Waals surface area contributed by atoms with Crippen molar-refractivity contribution in [1.29, 1.82) is 0 Å². The van der Waals surface area contributed by atoms with E-state index in [0.717, 1.165) is 16.9 Å². The molecule has 0 amide bonds. The molecule has 0 aliphatic carbocycles. The van der Waals surface area contributed by atoms with Gasteiger partial charge in [0.25, 0.3) is 0 Å². The first kappa shape index (κ1) is 12.4. The van der Waals surface area contributed by atoms with Crippen LogP contribution >= 0.6 is 23.1 Å². The van der Waals surface area contributed by atoms with Crippen molar-refractivity contribution in [3.63, 3.8) is 0 Å². The van der Waals surface area contributed by atoms with Crippen molar-refractivity contribution >= 4 is 28.1 Å². The van der Waals surface area contributed by atoms with Crippen LogP contribution < -0.4 is 0 Å². The third-order valence-corrected chi connectivity index (χ3v) is 3.70. The molecule has 0 saturated heterocycles. The van der Waals surface area contributed by atoms with Crippen LogP contribution in [0.2, 0.25) is 0 Å². The van der Waals surface area contributed by atoms with E-state index in [1.54, 1.807) is 5.38 Å². The van der Waals surface area contributed by atoms with E-state index < -0.39 is 11.0 Å². The Labute approximate surface area is 94.9 Å². The maximum Gasteiger partial charge on any atom is 0.324 e. The van der Waals surface area contributed by atoms with Crippen LogP contribution in [0.15, 0.2) is 11.4 Å². The molecule has 0 aliphatic rings. The molecule has 0 bridgehead atoms. The Morgan fingerprint density at radius 2 is 2.40 bits per heavy atom. The predicted octanol–water partition coefficient (Wildman–Crippen LogP) is 1.24. The largest absolute Gasteiger partial charge is 0.394 e. The summed E-state index contributed by atoms with van der Waals surface area (Å²) in [7, 11) is 0. The first-order valence-electron chi connectivity index (χ1n) is 4.22. The number of aliphatic hydroxyl groups excluding tert-OH is 2. The standard InChI is InChI=1S/C8H11NO4S2/c10-2-7(11)5-14-3-6-1-8(9(12)13)15-4-6/h1,4,7,10-11H,2-3,5H2/t7-/m0/s1. The highest BCUT2D eigenvalue weighted by molar-refractivity contribution is 7.98. The van der Waals surface area contributed by atoms with Crippen LogP contribution in [0.4, 0.5) is 5.00 Å². The summed E-state index contributed by atoms with van der Waals surface area (Å²) < 4.78 is 0. The van der Waals surface area contributed by atoms with Crippen molar-refractivity contribution in [2.75, 3.05) is 12.4 Å². The van der Waals surface area contributed by atoms with Gasteiger partial charge in [-0.15, -0.1) is 0 Å². The molecule has 5 nitrogen and oxygen atoms in total. The molecular weight excluding hydrogens is 238 g/mol. The zero-order valence-corrected chi connectivity index (χ0v) is 9.46. The van der Waals surface area contributed by atoms with Crippen LogP contribution in [-0.2, 0) is 5.75 Å². The quantitative estimate of drug-likeness (QED) is 0.585. The molecule has 0 unspecified atom stereocenters. The Hall–Kier alpha value is -0.630. The monoisotopic (exact) mass is 249 g/mol. The molecule has 1 rings (SSSR count). The van der Waals surface area contributed by atoms with Gasteiger partial charge >= 0.3 is 5.00 Å². The summed E-state index contributed by atoms with van der Waals surface area (Å²) in [6.45, 7) is -0.253. The lowest BCUT2D eigenvalue weighted by molar-refractivity contribution is -0.380. The molecule has 84 valence electrons.